The normalized spacial score (nSPS) is 11.0. The molecule has 0 unspecified atom stereocenters. The Morgan fingerprint density at radius 3 is 1.32 bits per heavy atom. The van der Waals surface area contributed by atoms with E-state index in [0.29, 0.717) is 0 Å². The van der Waals surface area contributed by atoms with Gasteiger partial charge in [-0.25, -0.2) is 0 Å². The molecule has 0 atom stereocenters. The molecule has 0 fully saturated rings. The summed E-state index contributed by atoms with van der Waals surface area (Å²) in [5, 5.41) is 2.55. The second kappa shape index (κ2) is 10.5. The van der Waals surface area contributed by atoms with E-state index in [2.05, 4.69) is 89.3 Å². The maximum absolute atomic E-state index is 4.82. The second-order valence-electron chi connectivity index (χ2n) is 4.87. The molecule has 1 nitrogen and oxygen atoms in total. The molecule has 0 amide bonds. The van der Waals surface area contributed by atoms with E-state index in [1.807, 2.05) is 12.1 Å². The van der Waals surface area contributed by atoms with E-state index in [0.717, 1.165) is 0 Å². The van der Waals surface area contributed by atoms with Gasteiger partial charge in [-0.15, -0.1) is 0 Å². The van der Waals surface area contributed by atoms with Crippen LogP contribution in [0.25, 0.3) is 0 Å². The molecule has 0 heterocycles. The van der Waals surface area contributed by atoms with Gasteiger partial charge in [0.1, 0.15) is 0 Å². The minimum absolute atomic E-state index is 1.19. The molecule has 0 N–H and O–H groups in total. The van der Waals surface area contributed by atoms with Crippen LogP contribution in [0.4, 0.5) is 0 Å². The van der Waals surface area contributed by atoms with Gasteiger partial charge in [-0.3, -0.25) is 0 Å². The van der Waals surface area contributed by atoms with Crippen molar-refractivity contribution in [3.05, 3.63) is 60.7 Å². The molecule has 0 spiro atoms. The van der Waals surface area contributed by atoms with Crippen molar-refractivity contribution >= 4 is 42.7 Å². The first-order chi connectivity index (χ1) is 10.6. The number of rotatable bonds is 5. The molecule has 2 rings (SSSR count). The first-order valence-electron chi connectivity index (χ1n) is 7.72. The van der Waals surface area contributed by atoms with Gasteiger partial charge in [-0.1, -0.05) is 20.8 Å². The summed E-state index contributed by atoms with van der Waals surface area (Å²) in [6.45, 7) is 10.1. The molecule has 4 heteroatoms. The Morgan fingerprint density at radius 2 is 1.09 bits per heavy atom. The van der Waals surface area contributed by atoms with Crippen molar-refractivity contribution in [3.63, 3.8) is 0 Å². The van der Waals surface area contributed by atoms with Crippen molar-refractivity contribution < 1.29 is 0 Å². The van der Waals surface area contributed by atoms with Gasteiger partial charge in [0.25, 0.3) is 0 Å². The van der Waals surface area contributed by atoms with Crippen LogP contribution in [0.1, 0.15) is 20.8 Å². The van der Waals surface area contributed by atoms with Gasteiger partial charge in [-0.05, 0) is 19.6 Å². The predicted octanol–water partition coefficient (Wildman–Crippen LogP) is 3.93. The third-order valence-corrected chi connectivity index (χ3v) is 9.59. The quantitative estimate of drug-likeness (QED) is 0.454. The summed E-state index contributed by atoms with van der Waals surface area (Å²) < 4.78 is -1.58. The molecule has 22 heavy (non-hydrogen) atoms. The van der Waals surface area contributed by atoms with E-state index in [1.54, 1.807) is 0 Å². The van der Waals surface area contributed by atoms with Crippen LogP contribution in [0.3, 0.4) is 0 Å². The summed E-state index contributed by atoms with van der Waals surface area (Å²) in [7, 11) is 0. The number of benzene rings is 2. The van der Waals surface area contributed by atoms with Gasteiger partial charge in [-0.2, -0.15) is 0 Å². The molecule has 0 radical (unpaired) electrons. The molecule has 0 bridgehead atoms. The van der Waals surface area contributed by atoms with Crippen LogP contribution >= 0.6 is 17.0 Å². The van der Waals surface area contributed by atoms with Crippen molar-refractivity contribution in [1.82, 2.24) is 4.90 Å². The Morgan fingerprint density at radius 1 is 0.773 bits per heavy atom. The van der Waals surface area contributed by atoms with Gasteiger partial charge in [0.15, 0.2) is 0 Å². The van der Waals surface area contributed by atoms with Crippen molar-refractivity contribution in [3.8, 4) is 0 Å². The van der Waals surface area contributed by atoms with E-state index >= 15 is 0 Å². The van der Waals surface area contributed by atoms with Crippen molar-refractivity contribution in [1.29, 1.82) is 0 Å². The van der Waals surface area contributed by atoms with E-state index in [9.17, 15) is 0 Å². The van der Waals surface area contributed by atoms with Crippen LogP contribution in [0.15, 0.2) is 60.7 Å². The standard InChI is InChI=1S/C12H11PSSe.C6H15N/c14-13(15,11-7-3-1-4-8-11)12-9-5-2-6-10-12;1-4-7(5-2)6-3/h1-10H,(H,14,15);4-6H2,1-3H3. The fourth-order valence-electron chi connectivity index (χ4n) is 2.08. The molecular weight excluding hydrogens is 372 g/mol. The van der Waals surface area contributed by atoms with Crippen LogP contribution in [-0.4, -0.2) is 39.6 Å². The molecule has 0 aliphatic rings. The van der Waals surface area contributed by atoms with Crippen LogP contribution < -0.4 is 10.6 Å². The summed E-state index contributed by atoms with van der Waals surface area (Å²) in [6.07, 6.45) is 0. The van der Waals surface area contributed by atoms with Gasteiger partial charge < -0.3 is 4.90 Å². The first kappa shape index (κ1) is 19.7. The summed E-state index contributed by atoms with van der Waals surface area (Å²) >= 11 is 8.08. The zero-order valence-electron chi connectivity index (χ0n) is 13.6. The number of nitrogens with zero attached hydrogens (tertiary/aromatic N) is 1. The minimum atomic E-state index is -1.58. The Labute approximate surface area is 148 Å². The molecule has 0 aliphatic carbocycles. The topological polar surface area (TPSA) is 3.24 Å². The Hall–Kier alpha value is -0.301. The molecule has 0 saturated carbocycles. The van der Waals surface area contributed by atoms with Gasteiger partial charge in [0.2, 0.25) is 0 Å². The molecular formula is C18H26NPSSe. The molecule has 0 saturated heterocycles. The zero-order chi connectivity index (χ0) is 16.4. The van der Waals surface area contributed by atoms with Gasteiger partial charge >= 0.3 is 103 Å². The second-order valence-corrected chi connectivity index (χ2v) is 14.1. The SMILES string of the molecule is CCN(CC)CC.SP(=[Se])(c1ccccc1)c1ccccc1. The van der Waals surface area contributed by atoms with Crippen molar-refractivity contribution in [2.75, 3.05) is 19.6 Å². The van der Waals surface area contributed by atoms with Crippen LogP contribution in [0.5, 0.6) is 0 Å². The van der Waals surface area contributed by atoms with Crippen LogP contribution in [0.2, 0.25) is 0 Å². The van der Waals surface area contributed by atoms with E-state index < -0.39 is 4.71 Å². The Balaban J connectivity index is 0.000000295. The molecule has 0 aliphatic heterocycles. The number of hydrogen-bond acceptors (Lipinski definition) is 2. The maximum atomic E-state index is 4.82. The third kappa shape index (κ3) is 6.07. The number of hydrogen-bond donors (Lipinski definition) is 1. The van der Waals surface area contributed by atoms with E-state index in [-0.39, 0.29) is 0 Å². The number of thiol groups is 1. The molecule has 2 aromatic rings. The molecule has 120 valence electrons. The predicted molar refractivity (Wildman–Crippen MR) is 107 cm³/mol. The third-order valence-electron chi connectivity index (χ3n) is 3.55. The van der Waals surface area contributed by atoms with Crippen molar-refractivity contribution in [2.45, 2.75) is 20.8 Å². The average molecular weight is 398 g/mol. The van der Waals surface area contributed by atoms with E-state index in [4.69, 9.17) is 12.2 Å². The fraction of sp³-hybridized carbons (Fsp3) is 0.333. The van der Waals surface area contributed by atoms with Gasteiger partial charge in [0, 0.05) is 0 Å². The summed E-state index contributed by atoms with van der Waals surface area (Å²) in [6, 6.07) is 20.8. The van der Waals surface area contributed by atoms with Crippen molar-refractivity contribution in [2.24, 2.45) is 0 Å². The zero-order valence-corrected chi connectivity index (χ0v) is 17.1. The summed E-state index contributed by atoms with van der Waals surface area (Å²) in [4.78, 5) is 2.38. The van der Waals surface area contributed by atoms with Crippen LogP contribution in [0, 0.1) is 0 Å². The Bertz CT molecular complexity index is 521. The Kier molecular flexibility index (Phi) is 9.40. The monoisotopic (exact) mass is 399 g/mol. The summed E-state index contributed by atoms with van der Waals surface area (Å²) in [5.74, 6) is 0. The van der Waals surface area contributed by atoms with Crippen LogP contribution in [-0.2, 0) is 0 Å². The van der Waals surface area contributed by atoms with E-state index in [1.165, 1.54) is 30.2 Å². The molecule has 2 aromatic carbocycles. The first-order valence-corrected chi connectivity index (χ1v) is 12.9. The van der Waals surface area contributed by atoms with Gasteiger partial charge in [0.05, 0.1) is 0 Å². The average Bonchev–Trinajstić information content (AvgIpc) is 2.59. The summed E-state index contributed by atoms with van der Waals surface area (Å²) in [5.41, 5.74) is 0. The fourth-order valence-corrected chi connectivity index (χ4v) is 5.86. The molecule has 0 aromatic heterocycles.